The van der Waals surface area contributed by atoms with Crippen LogP contribution in [0.25, 0.3) is 11.2 Å². The van der Waals surface area contributed by atoms with Gasteiger partial charge in [-0.3, -0.25) is 4.57 Å². The summed E-state index contributed by atoms with van der Waals surface area (Å²) in [6.07, 6.45) is 5.04. The number of carbonyl (C=O) groups is 1. The maximum atomic E-state index is 11.5. The van der Waals surface area contributed by atoms with Crippen molar-refractivity contribution in [3.8, 4) is 23.7 Å². The Morgan fingerprint density at radius 3 is 2.56 bits per heavy atom. The highest BCUT2D eigenvalue weighted by Crippen LogP contribution is 2.28. The first-order chi connectivity index (χ1) is 17.6. The van der Waals surface area contributed by atoms with E-state index < -0.39 is 5.97 Å². The van der Waals surface area contributed by atoms with Crippen LogP contribution in [0.5, 0.6) is 23.7 Å². The smallest absolute Gasteiger partial charge is 0.356 e. The second-order valence-corrected chi connectivity index (χ2v) is 7.64. The van der Waals surface area contributed by atoms with Crippen molar-refractivity contribution in [2.45, 2.75) is 26.3 Å². The molecule has 0 aromatic carbocycles. The van der Waals surface area contributed by atoms with Gasteiger partial charge < -0.3 is 24.3 Å². The van der Waals surface area contributed by atoms with Crippen molar-refractivity contribution in [1.82, 2.24) is 29.5 Å². The highest BCUT2D eigenvalue weighted by Gasteiger charge is 2.19. The zero-order valence-corrected chi connectivity index (χ0v) is 20.5. The number of anilines is 1. The number of unbranched alkanes of at least 4 members (excludes halogenated alkanes) is 1. The summed E-state index contributed by atoms with van der Waals surface area (Å²) in [5.74, 6) is 0.854. The van der Waals surface area contributed by atoms with Crippen LogP contribution < -0.4 is 19.5 Å². The minimum Gasteiger partial charge on any atom is -0.468 e. The second kappa shape index (κ2) is 11.3. The lowest BCUT2D eigenvalue weighted by Gasteiger charge is -2.10. The van der Waals surface area contributed by atoms with Crippen LogP contribution in [0.1, 0.15) is 35.8 Å². The van der Waals surface area contributed by atoms with Crippen molar-refractivity contribution in [3.63, 3.8) is 0 Å². The fourth-order valence-corrected chi connectivity index (χ4v) is 3.34. The molecule has 188 valence electrons. The predicted octanol–water partition coefficient (Wildman–Crippen LogP) is 3.47. The minimum atomic E-state index is -0.516. The molecule has 0 saturated carbocycles. The van der Waals surface area contributed by atoms with Gasteiger partial charge in [0.05, 0.1) is 33.6 Å². The van der Waals surface area contributed by atoms with Crippen LogP contribution in [0.3, 0.4) is 0 Å². The lowest BCUT2D eigenvalue weighted by Crippen LogP contribution is -2.07. The summed E-state index contributed by atoms with van der Waals surface area (Å²) in [5.41, 5.74) is 2.22. The normalized spacial score (nSPS) is 10.8. The quantitative estimate of drug-likeness (QED) is 0.243. The molecule has 0 fully saturated rings. The molecular weight excluding hydrogens is 466 g/mol. The third-order valence-corrected chi connectivity index (χ3v) is 5.18. The van der Waals surface area contributed by atoms with Gasteiger partial charge in [-0.05, 0) is 24.1 Å². The van der Waals surface area contributed by atoms with E-state index >= 15 is 0 Å². The summed E-state index contributed by atoms with van der Waals surface area (Å²) < 4.78 is 23.5. The number of methoxy groups -OCH3 is 2. The number of hydrogen-bond acceptors (Lipinski definition) is 11. The van der Waals surface area contributed by atoms with E-state index in [1.165, 1.54) is 19.4 Å². The molecule has 12 heteroatoms. The Bertz CT molecular complexity index is 1320. The zero-order chi connectivity index (χ0) is 25.5. The highest BCUT2D eigenvalue weighted by atomic mass is 16.5. The maximum Gasteiger partial charge on any atom is 0.356 e. The summed E-state index contributed by atoms with van der Waals surface area (Å²) in [6.45, 7) is 3.02. The molecule has 36 heavy (non-hydrogen) atoms. The van der Waals surface area contributed by atoms with Gasteiger partial charge in [-0.2, -0.15) is 15.0 Å². The zero-order valence-electron chi connectivity index (χ0n) is 20.5. The Morgan fingerprint density at radius 2 is 1.92 bits per heavy atom. The number of nitrogens with zero attached hydrogens (tertiary/aromatic N) is 6. The molecule has 0 amide bonds. The van der Waals surface area contributed by atoms with Gasteiger partial charge in [-0.1, -0.05) is 19.4 Å². The van der Waals surface area contributed by atoms with Gasteiger partial charge in [-0.25, -0.2) is 14.8 Å². The molecule has 0 radical (unpaired) electrons. The summed E-state index contributed by atoms with van der Waals surface area (Å²) in [5, 5.41) is 3.05. The molecule has 4 aromatic heterocycles. The number of nitrogens with one attached hydrogen (secondary N) is 1. The average Bonchev–Trinajstić information content (AvgIpc) is 3.26. The summed E-state index contributed by atoms with van der Waals surface area (Å²) in [7, 11) is 4.62. The molecular formula is C24H27N7O5. The predicted molar refractivity (Wildman–Crippen MR) is 131 cm³/mol. The van der Waals surface area contributed by atoms with Crippen molar-refractivity contribution >= 4 is 23.0 Å². The molecule has 4 aromatic rings. The topological polar surface area (TPSA) is 135 Å². The lowest BCUT2D eigenvalue weighted by molar-refractivity contribution is 0.0594. The van der Waals surface area contributed by atoms with Crippen LogP contribution in [0.15, 0.2) is 36.7 Å². The van der Waals surface area contributed by atoms with Crippen molar-refractivity contribution in [2.75, 3.05) is 33.2 Å². The number of hydrogen-bond donors (Lipinski definition) is 1. The van der Waals surface area contributed by atoms with Gasteiger partial charge in [0.2, 0.25) is 5.88 Å². The molecule has 1 N–H and O–H groups in total. The number of imidazole rings is 1. The molecule has 0 aliphatic rings. The van der Waals surface area contributed by atoms with E-state index in [0.29, 0.717) is 47.8 Å². The van der Waals surface area contributed by atoms with E-state index in [2.05, 4.69) is 41.9 Å². The number of esters is 1. The minimum absolute atomic E-state index is 0.193. The molecule has 0 unspecified atom stereocenters. The molecule has 0 aliphatic heterocycles. The molecule has 0 atom stereocenters. The number of fused-ring (bicyclic) bond motifs is 1. The first-order valence-electron chi connectivity index (χ1n) is 11.4. The van der Waals surface area contributed by atoms with E-state index in [9.17, 15) is 4.79 Å². The standard InChI is InChI=1S/C24H27N7O5/c1-5-6-11-35-23-29-20(25-2)19-21(30-23)31(24(28-19)34-4)14-15-7-10-18(27-12-15)36-16-8-9-17(26-13-16)22(32)33-3/h7-10,12-13H,5-6,11,14H2,1-4H3,(H,25,29,30). The number of pyridine rings is 2. The van der Waals surface area contributed by atoms with Gasteiger partial charge in [-0.15, -0.1) is 0 Å². The number of aromatic nitrogens is 6. The van der Waals surface area contributed by atoms with E-state index in [0.717, 1.165) is 18.4 Å². The van der Waals surface area contributed by atoms with Crippen molar-refractivity contribution in [1.29, 1.82) is 0 Å². The van der Waals surface area contributed by atoms with Crippen LogP contribution in [0.2, 0.25) is 0 Å². The van der Waals surface area contributed by atoms with E-state index in [-0.39, 0.29) is 11.7 Å². The van der Waals surface area contributed by atoms with Crippen LogP contribution in [-0.4, -0.2) is 63.3 Å². The Morgan fingerprint density at radius 1 is 1.06 bits per heavy atom. The number of ether oxygens (including phenoxy) is 4. The van der Waals surface area contributed by atoms with Crippen molar-refractivity contribution in [3.05, 3.63) is 47.9 Å². The van der Waals surface area contributed by atoms with E-state index in [1.54, 1.807) is 32.5 Å². The second-order valence-electron chi connectivity index (χ2n) is 7.64. The summed E-state index contributed by atoms with van der Waals surface area (Å²) in [4.78, 5) is 33.5. The Balaban J connectivity index is 1.55. The van der Waals surface area contributed by atoms with Gasteiger partial charge in [0.1, 0.15) is 11.4 Å². The monoisotopic (exact) mass is 493 g/mol. The molecule has 12 nitrogen and oxygen atoms in total. The first-order valence-corrected chi connectivity index (χ1v) is 11.4. The highest BCUT2D eigenvalue weighted by molar-refractivity contribution is 5.87. The lowest BCUT2D eigenvalue weighted by atomic mass is 10.3. The number of carbonyl (C=O) groups excluding carboxylic acids is 1. The Labute approximate surface area is 207 Å². The third-order valence-electron chi connectivity index (χ3n) is 5.18. The maximum absolute atomic E-state index is 11.5. The van der Waals surface area contributed by atoms with Crippen molar-refractivity contribution < 1.29 is 23.7 Å². The molecule has 0 aliphatic carbocycles. The van der Waals surface area contributed by atoms with Crippen molar-refractivity contribution in [2.24, 2.45) is 0 Å². The average molecular weight is 494 g/mol. The fraction of sp³-hybridized carbons (Fsp3) is 0.333. The van der Waals surface area contributed by atoms with Gasteiger partial charge in [0.25, 0.3) is 6.01 Å². The SMILES string of the molecule is CCCCOc1nc(NC)c2nc(OC)n(Cc3ccc(Oc4ccc(C(=O)OC)nc4)nc3)c2n1. The number of rotatable bonds is 11. The molecule has 0 bridgehead atoms. The summed E-state index contributed by atoms with van der Waals surface area (Å²) in [6, 6.07) is 7.42. The van der Waals surface area contributed by atoms with Gasteiger partial charge in [0.15, 0.2) is 17.0 Å². The molecule has 4 rings (SSSR count). The first kappa shape index (κ1) is 24.6. The molecule has 4 heterocycles. The van der Waals surface area contributed by atoms with Crippen LogP contribution in [0, 0.1) is 0 Å². The Kier molecular flexibility index (Phi) is 7.73. The van der Waals surface area contributed by atoms with Crippen LogP contribution >= 0.6 is 0 Å². The van der Waals surface area contributed by atoms with Gasteiger partial charge >= 0.3 is 12.0 Å². The van der Waals surface area contributed by atoms with Crippen LogP contribution in [0.4, 0.5) is 5.82 Å². The van der Waals surface area contributed by atoms with E-state index in [4.69, 9.17) is 14.2 Å². The molecule has 0 saturated heterocycles. The molecule has 0 spiro atoms. The fourth-order valence-electron chi connectivity index (χ4n) is 3.34. The van der Waals surface area contributed by atoms with Crippen LogP contribution in [-0.2, 0) is 11.3 Å². The summed E-state index contributed by atoms with van der Waals surface area (Å²) >= 11 is 0. The van der Waals surface area contributed by atoms with Gasteiger partial charge in [0, 0.05) is 19.3 Å². The largest absolute Gasteiger partial charge is 0.468 e. The Hall–Kier alpha value is -4.48. The van der Waals surface area contributed by atoms with E-state index in [1.807, 2.05) is 10.6 Å². The third kappa shape index (κ3) is 5.43.